The van der Waals surface area contributed by atoms with Crippen LogP contribution >= 0.6 is 0 Å². The van der Waals surface area contributed by atoms with Gasteiger partial charge in [-0.05, 0) is 39.0 Å². The topological polar surface area (TPSA) is 75.7 Å². The van der Waals surface area contributed by atoms with E-state index in [2.05, 4.69) is 40.1 Å². The molecule has 2 unspecified atom stereocenters. The van der Waals surface area contributed by atoms with E-state index in [0.29, 0.717) is 34.6 Å². The summed E-state index contributed by atoms with van der Waals surface area (Å²) < 4.78 is 7.56. The zero-order valence-corrected chi connectivity index (χ0v) is 16.7. The molecule has 0 aliphatic carbocycles. The molecule has 1 saturated heterocycles. The van der Waals surface area contributed by atoms with Gasteiger partial charge in [0.2, 0.25) is 0 Å². The summed E-state index contributed by atoms with van der Waals surface area (Å²) in [6.07, 6.45) is 5.42. The number of aromatic nitrogens is 3. The van der Waals surface area contributed by atoms with Crippen LogP contribution in [0.15, 0.2) is 52.1 Å². The van der Waals surface area contributed by atoms with Crippen molar-refractivity contribution >= 4 is 22.3 Å². The Kier molecular flexibility index (Phi) is 4.13. The summed E-state index contributed by atoms with van der Waals surface area (Å²) in [6, 6.07) is 8.75. The Bertz CT molecular complexity index is 1270. The van der Waals surface area contributed by atoms with E-state index in [1.807, 2.05) is 41.9 Å². The van der Waals surface area contributed by atoms with Gasteiger partial charge in [-0.15, -0.1) is 0 Å². The Balaban J connectivity index is 1.55. The molecule has 0 saturated carbocycles. The van der Waals surface area contributed by atoms with Gasteiger partial charge in [-0.1, -0.05) is 0 Å². The summed E-state index contributed by atoms with van der Waals surface area (Å²) in [5, 5.41) is 4.42. The number of hydrogen-bond donors (Lipinski definition) is 1. The molecular formula is C22H23N5O2. The predicted octanol–water partition coefficient (Wildman–Crippen LogP) is 3.00. The van der Waals surface area contributed by atoms with Crippen LogP contribution in [0.25, 0.3) is 27.9 Å². The molecule has 148 valence electrons. The molecule has 4 heterocycles. The second-order valence-corrected chi connectivity index (χ2v) is 7.96. The van der Waals surface area contributed by atoms with Gasteiger partial charge in [0, 0.05) is 54.7 Å². The minimum absolute atomic E-state index is 0.384. The molecule has 2 atom stereocenters. The third-order valence-corrected chi connectivity index (χ3v) is 5.39. The quantitative estimate of drug-likeness (QED) is 0.531. The zero-order chi connectivity index (χ0) is 20.1. The molecule has 1 aliphatic heterocycles. The lowest BCUT2D eigenvalue weighted by molar-refractivity contribution is 0.407. The number of fused-ring (bicyclic) bond motifs is 2. The van der Waals surface area contributed by atoms with Gasteiger partial charge in [0.05, 0.1) is 23.1 Å². The normalized spacial score (nSPS) is 19.9. The van der Waals surface area contributed by atoms with Crippen LogP contribution in [0.3, 0.4) is 0 Å². The monoisotopic (exact) mass is 389 g/mol. The molecule has 0 bridgehead atoms. The summed E-state index contributed by atoms with van der Waals surface area (Å²) >= 11 is 0. The number of hydrogen-bond acceptors (Lipinski definition) is 6. The molecule has 0 radical (unpaired) electrons. The number of aryl methyl sites for hydroxylation is 1. The molecule has 0 amide bonds. The van der Waals surface area contributed by atoms with Crippen molar-refractivity contribution in [1.29, 1.82) is 0 Å². The molecule has 0 spiro atoms. The lowest BCUT2D eigenvalue weighted by Crippen LogP contribution is -2.54. The van der Waals surface area contributed by atoms with Crippen LogP contribution in [-0.4, -0.2) is 39.5 Å². The van der Waals surface area contributed by atoms with Gasteiger partial charge in [-0.25, -0.2) is 9.78 Å². The van der Waals surface area contributed by atoms with Gasteiger partial charge in [-0.2, -0.15) is 0 Å². The minimum Gasteiger partial charge on any atom is -0.422 e. The van der Waals surface area contributed by atoms with Gasteiger partial charge >= 0.3 is 5.63 Å². The second-order valence-electron chi connectivity index (χ2n) is 7.96. The van der Waals surface area contributed by atoms with E-state index >= 15 is 0 Å². The maximum Gasteiger partial charge on any atom is 0.345 e. The molecule has 1 aromatic carbocycles. The first kappa shape index (κ1) is 17.9. The maximum atomic E-state index is 12.7. The first-order valence-corrected chi connectivity index (χ1v) is 9.87. The lowest BCUT2D eigenvalue weighted by atomic mass is 10.1. The van der Waals surface area contributed by atoms with Gasteiger partial charge in [0.1, 0.15) is 5.58 Å². The molecule has 4 aromatic rings. The molecule has 7 nitrogen and oxygen atoms in total. The lowest BCUT2D eigenvalue weighted by Gasteiger charge is -2.37. The first-order valence-electron chi connectivity index (χ1n) is 9.87. The Morgan fingerprint density at radius 2 is 1.93 bits per heavy atom. The third kappa shape index (κ3) is 3.27. The zero-order valence-electron chi connectivity index (χ0n) is 16.7. The van der Waals surface area contributed by atoms with Crippen LogP contribution < -0.4 is 15.8 Å². The van der Waals surface area contributed by atoms with Crippen molar-refractivity contribution in [2.75, 3.05) is 18.0 Å². The van der Waals surface area contributed by atoms with Crippen LogP contribution in [0.1, 0.15) is 19.5 Å². The number of piperazine rings is 1. The maximum absolute atomic E-state index is 12.7. The summed E-state index contributed by atoms with van der Waals surface area (Å²) in [5.41, 5.74) is 3.90. The molecule has 1 fully saturated rings. The van der Waals surface area contributed by atoms with Crippen molar-refractivity contribution in [1.82, 2.24) is 19.7 Å². The minimum atomic E-state index is -0.384. The molecule has 7 heteroatoms. The van der Waals surface area contributed by atoms with Crippen LogP contribution in [0.2, 0.25) is 0 Å². The van der Waals surface area contributed by atoms with E-state index in [-0.39, 0.29) is 5.63 Å². The molecule has 3 aromatic heterocycles. The van der Waals surface area contributed by atoms with E-state index in [1.54, 1.807) is 6.20 Å². The standard InChI is InChI=1S/C22H23N5O2/c1-13-9-27-12-19(25-21(27)8-23-13)18-6-16-4-5-17(7-20(16)29-22(18)28)26-10-14(2)24-15(3)11-26/h4-9,12,14-15,24H,10-11H2,1-3H3. The van der Waals surface area contributed by atoms with Gasteiger partial charge in [0.15, 0.2) is 5.65 Å². The highest BCUT2D eigenvalue weighted by Crippen LogP contribution is 2.26. The SMILES string of the molecule is Cc1cn2cc(-c3cc4ccc(N5CC(C)NC(C)C5)cc4oc3=O)nc2cn1. The van der Waals surface area contributed by atoms with Crippen molar-refractivity contribution in [2.45, 2.75) is 32.9 Å². The summed E-state index contributed by atoms with van der Waals surface area (Å²) in [7, 11) is 0. The summed E-state index contributed by atoms with van der Waals surface area (Å²) in [5.74, 6) is 0. The molecule has 5 rings (SSSR count). The highest BCUT2D eigenvalue weighted by atomic mass is 16.4. The number of benzene rings is 1. The number of rotatable bonds is 2. The highest BCUT2D eigenvalue weighted by Gasteiger charge is 2.21. The van der Waals surface area contributed by atoms with Gasteiger partial charge < -0.3 is 19.0 Å². The Hall–Kier alpha value is -3.19. The average Bonchev–Trinajstić information content (AvgIpc) is 3.09. The fraction of sp³-hybridized carbons (Fsp3) is 0.318. The second kappa shape index (κ2) is 6.70. The fourth-order valence-corrected chi connectivity index (χ4v) is 4.14. The van der Waals surface area contributed by atoms with Crippen molar-refractivity contribution in [3.63, 3.8) is 0 Å². The molecule has 29 heavy (non-hydrogen) atoms. The third-order valence-electron chi connectivity index (χ3n) is 5.39. The van der Waals surface area contributed by atoms with Crippen LogP contribution in [-0.2, 0) is 0 Å². The fourth-order valence-electron chi connectivity index (χ4n) is 4.14. The van der Waals surface area contributed by atoms with Crippen LogP contribution in [0, 0.1) is 6.92 Å². The van der Waals surface area contributed by atoms with E-state index in [4.69, 9.17) is 4.42 Å². The number of anilines is 1. The van der Waals surface area contributed by atoms with Crippen LogP contribution in [0.4, 0.5) is 5.69 Å². The van der Waals surface area contributed by atoms with E-state index in [0.717, 1.165) is 29.9 Å². The Morgan fingerprint density at radius 1 is 1.14 bits per heavy atom. The van der Waals surface area contributed by atoms with E-state index < -0.39 is 0 Å². The number of nitrogens with one attached hydrogen (secondary N) is 1. The van der Waals surface area contributed by atoms with Crippen molar-refractivity contribution in [3.8, 4) is 11.3 Å². The van der Waals surface area contributed by atoms with Crippen molar-refractivity contribution in [3.05, 3.63) is 59.0 Å². The highest BCUT2D eigenvalue weighted by molar-refractivity contribution is 5.84. The van der Waals surface area contributed by atoms with Crippen LogP contribution in [0.5, 0.6) is 0 Å². The molecule has 1 aliphatic rings. The van der Waals surface area contributed by atoms with Crippen molar-refractivity contribution < 1.29 is 4.42 Å². The largest absolute Gasteiger partial charge is 0.422 e. The summed E-state index contributed by atoms with van der Waals surface area (Å²) in [6.45, 7) is 8.13. The predicted molar refractivity (Wildman–Crippen MR) is 113 cm³/mol. The molecular weight excluding hydrogens is 366 g/mol. The van der Waals surface area contributed by atoms with E-state index in [1.165, 1.54) is 0 Å². The summed E-state index contributed by atoms with van der Waals surface area (Å²) in [4.78, 5) is 23.8. The Morgan fingerprint density at radius 3 is 2.72 bits per heavy atom. The number of nitrogens with zero attached hydrogens (tertiary/aromatic N) is 4. The number of imidazole rings is 1. The average molecular weight is 389 g/mol. The smallest absolute Gasteiger partial charge is 0.345 e. The van der Waals surface area contributed by atoms with Gasteiger partial charge in [-0.3, -0.25) is 4.98 Å². The van der Waals surface area contributed by atoms with Crippen molar-refractivity contribution in [2.24, 2.45) is 0 Å². The van der Waals surface area contributed by atoms with Gasteiger partial charge in [0.25, 0.3) is 0 Å². The van der Waals surface area contributed by atoms with E-state index in [9.17, 15) is 4.79 Å². The Labute approximate surface area is 168 Å². The first-order chi connectivity index (χ1) is 14.0. The molecule has 1 N–H and O–H groups in total.